The van der Waals surface area contributed by atoms with Gasteiger partial charge < -0.3 is 10.6 Å². The molecule has 5 rings (SSSR count). The minimum absolute atomic E-state index is 0.0961. The van der Waals surface area contributed by atoms with Crippen LogP contribution in [-0.4, -0.2) is 52.2 Å². The Morgan fingerprint density at radius 3 is 2.52 bits per heavy atom. The van der Waals surface area contributed by atoms with E-state index in [0.29, 0.717) is 36.5 Å². The molecule has 4 heterocycles. The molecule has 1 aromatic carbocycles. The predicted octanol–water partition coefficient (Wildman–Crippen LogP) is 1.15. The normalized spacial score (nSPS) is 31.9. The molecule has 3 unspecified atom stereocenters. The van der Waals surface area contributed by atoms with Crippen molar-refractivity contribution in [3.8, 4) is 0 Å². The van der Waals surface area contributed by atoms with Gasteiger partial charge in [-0.3, -0.25) is 24.6 Å². The zero-order chi connectivity index (χ0) is 20.1. The summed E-state index contributed by atoms with van der Waals surface area (Å²) in [4.78, 5) is 41.1. The maximum absolute atomic E-state index is 13.0. The highest BCUT2D eigenvalue weighted by molar-refractivity contribution is 6.05. The zero-order valence-corrected chi connectivity index (χ0v) is 16.6. The van der Waals surface area contributed by atoms with Crippen LogP contribution in [0.4, 0.5) is 0 Å². The van der Waals surface area contributed by atoms with Crippen molar-refractivity contribution in [1.29, 1.82) is 0 Å². The molecular weight excluding hydrogens is 368 g/mol. The number of imide groups is 1. The summed E-state index contributed by atoms with van der Waals surface area (Å²) in [5.74, 6) is -0.0747. The molecule has 0 spiro atoms. The van der Waals surface area contributed by atoms with Crippen LogP contribution in [0.5, 0.6) is 0 Å². The van der Waals surface area contributed by atoms with Gasteiger partial charge in [0.15, 0.2) is 0 Å². The number of piperidine rings is 2. The highest BCUT2D eigenvalue weighted by Crippen LogP contribution is 2.40. The monoisotopic (exact) mass is 396 g/mol. The van der Waals surface area contributed by atoms with E-state index in [1.165, 1.54) is 31.2 Å². The molecule has 0 saturated carbocycles. The van der Waals surface area contributed by atoms with Crippen LogP contribution >= 0.6 is 0 Å². The Balaban J connectivity index is 1.36. The molecule has 0 aromatic heterocycles. The number of hydrogen-bond acceptors (Lipinski definition) is 5. The van der Waals surface area contributed by atoms with Crippen molar-refractivity contribution >= 4 is 17.7 Å². The van der Waals surface area contributed by atoms with E-state index in [1.54, 1.807) is 4.90 Å². The van der Waals surface area contributed by atoms with Gasteiger partial charge in [-0.25, -0.2) is 0 Å². The first-order chi connectivity index (χ1) is 14.0. The fraction of sp³-hybridized carbons (Fsp3) is 0.591. The van der Waals surface area contributed by atoms with Crippen LogP contribution in [0.25, 0.3) is 0 Å². The van der Waals surface area contributed by atoms with Crippen LogP contribution in [0.2, 0.25) is 0 Å². The molecule has 0 radical (unpaired) electrons. The number of hydrogen-bond donors (Lipinski definition) is 2. The fourth-order valence-corrected chi connectivity index (χ4v) is 5.83. The fourth-order valence-electron chi connectivity index (χ4n) is 5.83. The molecule has 3 amide bonds. The Hall–Kier alpha value is -2.25. The third kappa shape index (κ3) is 3.16. The lowest BCUT2D eigenvalue weighted by atomic mass is 9.90. The van der Waals surface area contributed by atoms with E-state index in [9.17, 15) is 14.4 Å². The zero-order valence-electron chi connectivity index (χ0n) is 16.6. The van der Waals surface area contributed by atoms with Crippen molar-refractivity contribution in [2.24, 2.45) is 11.7 Å². The number of carbonyl (C=O) groups excluding carboxylic acids is 3. The van der Waals surface area contributed by atoms with Crippen LogP contribution < -0.4 is 11.1 Å². The summed E-state index contributed by atoms with van der Waals surface area (Å²) in [6, 6.07) is 6.55. The van der Waals surface area contributed by atoms with E-state index in [4.69, 9.17) is 5.73 Å². The number of nitrogens with one attached hydrogen (secondary N) is 1. The van der Waals surface area contributed by atoms with E-state index in [-0.39, 0.29) is 24.1 Å². The summed E-state index contributed by atoms with van der Waals surface area (Å²) in [5.41, 5.74) is 8.87. The van der Waals surface area contributed by atoms with Gasteiger partial charge in [-0.05, 0) is 61.8 Å². The minimum atomic E-state index is -0.558. The first-order valence-electron chi connectivity index (χ1n) is 10.8. The van der Waals surface area contributed by atoms with Crippen molar-refractivity contribution in [1.82, 2.24) is 15.1 Å². The van der Waals surface area contributed by atoms with E-state index in [0.717, 1.165) is 18.7 Å². The first-order valence-corrected chi connectivity index (χ1v) is 10.8. The molecule has 4 aliphatic rings. The minimum Gasteiger partial charge on any atom is -0.330 e. The number of fused-ring (bicyclic) bond motifs is 3. The second kappa shape index (κ2) is 7.22. The summed E-state index contributed by atoms with van der Waals surface area (Å²) in [7, 11) is 0. The third-order valence-corrected chi connectivity index (χ3v) is 7.35. The van der Waals surface area contributed by atoms with E-state index >= 15 is 0 Å². The van der Waals surface area contributed by atoms with E-state index in [2.05, 4.69) is 16.3 Å². The summed E-state index contributed by atoms with van der Waals surface area (Å²) in [6.45, 7) is 2.08. The molecule has 1 aromatic rings. The van der Waals surface area contributed by atoms with Gasteiger partial charge in [0.05, 0.1) is 0 Å². The number of amides is 3. The molecule has 3 N–H and O–H groups in total. The number of carbonyl (C=O) groups is 3. The number of nitrogens with zero attached hydrogens (tertiary/aromatic N) is 2. The maximum Gasteiger partial charge on any atom is 0.255 e. The molecule has 7 nitrogen and oxygen atoms in total. The quantitative estimate of drug-likeness (QED) is 0.745. The predicted molar refractivity (Wildman–Crippen MR) is 107 cm³/mol. The number of rotatable bonds is 4. The molecule has 3 atom stereocenters. The van der Waals surface area contributed by atoms with E-state index < -0.39 is 6.04 Å². The Kier molecular flexibility index (Phi) is 4.67. The van der Waals surface area contributed by atoms with Gasteiger partial charge in [-0.15, -0.1) is 0 Å². The summed E-state index contributed by atoms with van der Waals surface area (Å²) in [6.07, 6.45) is 5.49. The van der Waals surface area contributed by atoms with Crippen molar-refractivity contribution in [2.45, 2.75) is 69.7 Å². The highest BCUT2D eigenvalue weighted by atomic mass is 16.2. The summed E-state index contributed by atoms with van der Waals surface area (Å²) < 4.78 is 0. The summed E-state index contributed by atoms with van der Waals surface area (Å²) in [5, 5.41) is 2.37. The molecule has 3 fully saturated rings. The first kappa shape index (κ1) is 18.8. The SMILES string of the molecule is NCC1CC2CCC(C1)N2Cc1cccc2c1CN(C1CCC(=O)NC1=O)C2=O. The smallest absolute Gasteiger partial charge is 0.255 e. The van der Waals surface area contributed by atoms with Crippen molar-refractivity contribution in [3.05, 3.63) is 34.9 Å². The highest BCUT2D eigenvalue weighted by Gasteiger charge is 2.42. The largest absolute Gasteiger partial charge is 0.330 e. The van der Waals surface area contributed by atoms with Crippen LogP contribution in [-0.2, 0) is 22.7 Å². The molecular formula is C22H28N4O3. The standard InChI is InChI=1S/C22H28N4O3/c23-10-13-8-15-4-5-16(9-13)25(15)11-14-2-1-3-17-18(14)12-26(22(17)29)19-6-7-20(27)24-21(19)28/h1-3,13,15-16,19H,4-12,23H2,(H,24,27,28). The van der Waals surface area contributed by atoms with Crippen molar-refractivity contribution in [2.75, 3.05) is 6.54 Å². The van der Waals surface area contributed by atoms with Crippen LogP contribution in [0, 0.1) is 5.92 Å². The Morgan fingerprint density at radius 2 is 1.83 bits per heavy atom. The van der Waals surface area contributed by atoms with E-state index in [1.807, 2.05) is 12.1 Å². The average Bonchev–Trinajstić information content (AvgIpc) is 3.15. The molecule has 2 bridgehead atoms. The van der Waals surface area contributed by atoms with Gasteiger partial charge in [-0.2, -0.15) is 0 Å². The average molecular weight is 396 g/mol. The Bertz CT molecular complexity index is 856. The molecule has 0 aliphatic carbocycles. The van der Waals surface area contributed by atoms with Crippen LogP contribution in [0.1, 0.15) is 60.0 Å². The van der Waals surface area contributed by atoms with Gasteiger partial charge in [0.2, 0.25) is 11.8 Å². The van der Waals surface area contributed by atoms with Gasteiger partial charge in [-0.1, -0.05) is 12.1 Å². The van der Waals surface area contributed by atoms with Crippen LogP contribution in [0.3, 0.4) is 0 Å². The molecule has 154 valence electrons. The molecule has 4 aliphatic heterocycles. The second-order valence-corrected chi connectivity index (χ2v) is 8.97. The Morgan fingerprint density at radius 1 is 1.07 bits per heavy atom. The van der Waals surface area contributed by atoms with Crippen molar-refractivity contribution in [3.63, 3.8) is 0 Å². The molecule has 3 saturated heterocycles. The lowest BCUT2D eigenvalue weighted by molar-refractivity contribution is -0.136. The summed E-state index contributed by atoms with van der Waals surface area (Å²) >= 11 is 0. The van der Waals surface area contributed by atoms with Gasteiger partial charge in [0.25, 0.3) is 5.91 Å². The second-order valence-electron chi connectivity index (χ2n) is 8.97. The van der Waals surface area contributed by atoms with Crippen LogP contribution in [0.15, 0.2) is 18.2 Å². The lowest BCUT2D eigenvalue weighted by Gasteiger charge is -2.39. The maximum atomic E-state index is 13.0. The van der Waals surface area contributed by atoms with Crippen molar-refractivity contribution < 1.29 is 14.4 Å². The molecule has 7 heteroatoms. The van der Waals surface area contributed by atoms with Gasteiger partial charge in [0, 0.05) is 37.2 Å². The number of benzene rings is 1. The van der Waals surface area contributed by atoms with Gasteiger partial charge >= 0.3 is 0 Å². The topological polar surface area (TPSA) is 95.7 Å². The lowest BCUT2D eigenvalue weighted by Crippen LogP contribution is -2.52. The molecule has 29 heavy (non-hydrogen) atoms. The Labute approximate surface area is 170 Å². The third-order valence-electron chi connectivity index (χ3n) is 7.35. The van der Waals surface area contributed by atoms with Gasteiger partial charge in [0.1, 0.15) is 6.04 Å². The number of nitrogens with two attached hydrogens (primary N) is 1.